The van der Waals surface area contributed by atoms with E-state index in [2.05, 4.69) is 37.0 Å². The smallest absolute Gasteiger partial charge is 0.366 e. The lowest BCUT2D eigenvalue weighted by Crippen LogP contribution is -2.42. The Kier molecular flexibility index (Phi) is 6.51. The van der Waals surface area contributed by atoms with Gasteiger partial charge in [-0.25, -0.2) is 15.0 Å². The van der Waals surface area contributed by atoms with Crippen LogP contribution in [-0.4, -0.2) is 60.4 Å². The van der Waals surface area contributed by atoms with Crippen LogP contribution < -0.4 is 5.32 Å². The van der Waals surface area contributed by atoms with Gasteiger partial charge in [0.2, 0.25) is 0 Å². The highest BCUT2D eigenvalue weighted by Crippen LogP contribution is 2.27. The van der Waals surface area contributed by atoms with Crippen molar-refractivity contribution >= 4 is 11.7 Å². The number of anilines is 1. The Morgan fingerprint density at radius 2 is 1.91 bits per heavy atom. The van der Waals surface area contributed by atoms with Gasteiger partial charge in [-0.15, -0.1) is 4.80 Å². The predicted molar refractivity (Wildman–Crippen MR) is 110 cm³/mol. The van der Waals surface area contributed by atoms with Gasteiger partial charge in [-0.05, 0) is 26.0 Å². The van der Waals surface area contributed by atoms with Crippen LogP contribution in [0.15, 0.2) is 49.1 Å². The third-order valence-electron chi connectivity index (χ3n) is 4.63. The molecule has 0 fully saturated rings. The number of nitrogens with zero attached hydrogens (tertiary/aromatic N) is 7. The second kappa shape index (κ2) is 9.12. The van der Waals surface area contributed by atoms with Crippen LogP contribution in [-0.2, 0) is 6.18 Å². The molecule has 3 heterocycles. The number of hydrogen-bond acceptors (Lipinski definition) is 7. The average molecular weight is 446 g/mol. The summed E-state index contributed by atoms with van der Waals surface area (Å²) >= 11 is 0. The van der Waals surface area contributed by atoms with Gasteiger partial charge in [0, 0.05) is 19.3 Å². The normalized spacial score (nSPS) is 12.3. The summed E-state index contributed by atoms with van der Waals surface area (Å²) in [5, 5.41) is 11.0. The molecule has 32 heavy (non-hydrogen) atoms. The molecule has 0 aliphatic rings. The number of pyridine rings is 1. The summed E-state index contributed by atoms with van der Waals surface area (Å²) in [6, 6.07) is 2.94. The Morgan fingerprint density at radius 3 is 2.47 bits per heavy atom. The molecule has 1 amide bonds. The zero-order valence-corrected chi connectivity index (χ0v) is 17.6. The SMILES string of the molecule is C=C(C)[C@@H](CNc1cnc(C(F)(F)F)cn1)N(C)C(=O)c1nc(C)ccc1-n1nccn1. The summed E-state index contributed by atoms with van der Waals surface area (Å²) in [5.74, 6) is -0.255. The van der Waals surface area contributed by atoms with E-state index < -0.39 is 23.8 Å². The lowest BCUT2D eigenvalue weighted by Gasteiger charge is -2.29. The molecule has 3 rings (SSSR count). The van der Waals surface area contributed by atoms with Gasteiger partial charge in [0.25, 0.3) is 5.91 Å². The maximum Gasteiger partial charge on any atom is 0.434 e. The molecule has 3 aromatic rings. The van der Waals surface area contributed by atoms with Gasteiger partial charge in [-0.1, -0.05) is 12.2 Å². The van der Waals surface area contributed by atoms with Gasteiger partial charge in [0.15, 0.2) is 11.4 Å². The first kappa shape index (κ1) is 22.8. The number of carbonyl (C=O) groups is 1. The van der Waals surface area contributed by atoms with E-state index in [0.29, 0.717) is 23.2 Å². The molecule has 0 aliphatic heterocycles. The van der Waals surface area contributed by atoms with Crippen LogP contribution in [0.25, 0.3) is 5.69 Å². The molecule has 1 atom stereocenters. The van der Waals surface area contributed by atoms with Crippen molar-refractivity contribution in [2.75, 3.05) is 18.9 Å². The van der Waals surface area contributed by atoms with Gasteiger partial charge >= 0.3 is 6.18 Å². The molecule has 0 aromatic carbocycles. The summed E-state index contributed by atoms with van der Waals surface area (Å²) in [7, 11) is 1.59. The van der Waals surface area contributed by atoms with E-state index in [0.717, 1.165) is 6.20 Å². The summed E-state index contributed by atoms with van der Waals surface area (Å²) < 4.78 is 38.0. The molecule has 12 heteroatoms. The van der Waals surface area contributed by atoms with E-state index >= 15 is 0 Å². The third-order valence-corrected chi connectivity index (χ3v) is 4.63. The van der Waals surface area contributed by atoms with Crippen LogP contribution in [0.1, 0.15) is 28.8 Å². The van der Waals surface area contributed by atoms with Crippen LogP contribution >= 0.6 is 0 Å². The molecule has 0 aliphatic carbocycles. The van der Waals surface area contributed by atoms with Crippen molar-refractivity contribution in [1.82, 2.24) is 34.8 Å². The van der Waals surface area contributed by atoms with Crippen LogP contribution in [0, 0.1) is 6.92 Å². The van der Waals surface area contributed by atoms with Crippen LogP contribution in [0.5, 0.6) is 0 Å². The molecule has 0 spiro atoms. The quantitative estimate of drug-likeness (QED) is 0.557. The van der Waals surface area contributed by atoms with Crippen molar-refractivity contribution in [3.8, 4) is 5.69 Å². The highest BCUT2D eigenvalue weighted by Gasteiger charge is 2.33. The minimum atomic E-state index is -4.57. The molecule has 0 saturated heterocycles. The highest BCUT2D eigenvalue weighted by molar-refractivity contribution is 5.96. The molecular weight excluding hydrogens is 425 g/mol. The highest BCUT2D eigenvalue weighted by atomic mass is 19.4. The Bertz CT molecular complexity index is 1100. The number of aromatic nitrogens is 6. The minimum Gasteiger partial charge on any atom is -0.366 e. The third kappa shape index (κ3) is 5.07. The van der Waals surface area contributed by atoms with Crippen molar-refractivity contribution in [3.05, 3.63) is 66.2 Å². The molecule has 0 bridgehead atoms. The van der Waals surface area contributed by atoms with Crippen molar-refractivity contribution < 1.29 is 18.0 Å². The summed E-state index contributed by atoms with van der Waals surface area (Å²) in [6.07, 6.45) is 0.0458. The molecule has 0 saturated carbocycles. The van der Waals surface area contributed by atoms with E-state index in [1.807, 2.05) is 0 Å². The number of halogens is 3. The van der Waals surface area contributed by atoms with E-state index in [1.54, 1.807) is 33.0 Å². The monoisotopic (exact) mass is 446 g/mol. The van der Waals surface area contributed by atoms with Gasteiger partial charge in [0.1, 0.15) is 11.5 Å². The number of likely N-dealkylation sites (N-methyl/N-ethyl adjacent to an activating group) is 1. The van der Waals surface area contributed by atoms with E-state index in [9.17, 15) is 18.0 Å². The second-order valence-corrected chi connectivity index (χ2v) is 7.08. The predicted octanol–water partition coefficient (Wildman–Crippen LogP) is 2.91. The number of carbonyl (C=O) groups excluding carboxylic acids is 1. The molecule has 3 aromatic heterocycles. The number of rotatable bonds is 7. The van der Waals surface area contributed by atoms with Gasteiger partial charge in [-0.2, -0.15) is 23.4 Å². The Hall–Kier alpha value is -3.83. The number of amides is 1. The average Bonchev–Trinajstić information content (AvgIpc) is 3.27. The Labute approximate surface area is 182 Å². The van der Waals surface area contributed by atoms with E-state index in [-0.39, 0.29) is 18.1 Å². The second-order valence-electron chi connectivity index (χ2n) is 7.08. The fourth-order valence-corrected chi connectivity index (χ4v) is 2.93. The molecular formula is C20H21F3N8O. The van der Waals surface area contributed by atoms with Crippen molar-refractivity contribution in [2.24, 2.45) is 0 Å². The number of aryl methyl sites for hydroxylation is 1. The number of nitrogens with one attached hydrogen (secondary N) is 1. The van der Waals surface area contributed by atoms with Crippen molar-refractivity contribution in [1.29, 1.82) is 0 Å². The molecule has 168 valence electrons. The lowest BCUT2D eigenvalue weighted by molar-refractivity contribution is -0.141. The van der Waals surface area contributed by atoms with Crippen molar-refractivity contribution in [3.63, 3.8) is 0 Å². The fraction of sp³-hybridized carbons (Fsp3) is 0.300. The van der Waals surface area contributed by atoms with Gasteiger partial charge < -0.3 is 10.2 Å². The fourth-order valence-electron chi connectivity index (χ4n) is 2.93. The topological polar surface area (TPSA) is 102 Å². The molecule has 0 unspecified atom stereocenters. The van der Waals surface area contributed by atoms with E-state index in [1.165, 1.54) is 22.1 Å². The summed E-state index contributed by atoms with van der Waals surface area (Å²) in [5.41, 5.74) is 0.781. The summed E-state index contributed by atoms with van der Waals surface area (Å²) in [4.78, 5) is 27.5. The van der Waals surface area contributed by atoms with Gasteiger partial charge in [-0.3, -0.25) is 4.79 Å². The lowest BCUT2D eigenvalue weighted by atomic mass is 10.1. The van der Waals surface area contributed by atoms with E-state index in [4.69, 9.17) is 0 Å². The Morgan fingerprint density at radius 1 is 1.22 bits per heavy atom. The van der Waals surface area contributed by atoms with Crippen LogP contribution in [0.4, 0.5) is 19.0 Å². The van der Waals surface area contributed by atoms with Crippen LogP contribution in [0.3, 0.4) is 0 Å². The standard InChI is InChI=1S/C20H21F3N8O/c1-12(2)15(9-25-17-11-24-16(10-26-17)20(21,22)23)30(4)19(32)18-14(6-5-13(3)29-18)31-27-7-8-28-31/h5-8,10-11,15H,1,9H2,2-4H3,(H,25,26)/t15-/m1/s1. The number of hydrogen-bond donors (Lipinski definition) is 1. The van der Waals surface area contributed by atoms with Gasteiger partial charge in [0.05, 0.1) is 30.8 Å². The maximum atomic E-state index is 13.3. The maximum absolute atomic E-state index is 13.3. The molecule has 0 radical (unpaired) electrons. The zero-order valence-electron chi connectivity index (χ0n) is 17.6. The minimum absolute atomic E-state index is 0.139. The Balaban J connectivity index is 1.80. The summed E-state index contributed by atoms with van der Waals surface area (Å²) in [6.45, 7) is 7.59. The number of alkyl halides is 3. The van der Waals surface area contributed by atoms with Crippen molar-refractivity contribution in [2.45, 2.75) is 26.1 Å². The zero-order chi connectivity index (χ0) is 23.5. The molecule has 1 N–H and O–H groups in total. The first-order chi connectivity index (χ1) is 15.1. The largest absolute Gasteiger partial charge is 0.434 e. The first-order valence-electron chi connectivity index (χ1n) is 9.48. The molecule has 9 nitrogen and oxygen atoms in total. The van der Waals surface area contributed by atoms with Crippen LogP contribution in [0.2, 0.25) is 0 Å². The first-order valence-corrected chi connectivity index (χ1v) is 9.48.